The lowest BCUT2D eigenvalue weighted by Crippen LogP contribution is -2.52. The lowest BCUT2D eigenvalue weighted by Gasteiger charge is -2.32. The molecule has 2 aromatic carbocycles. The Bertz CT molecular complexity index is 1220. The smallest absolute Gasteiger partial charge is 0.244 e. The molecular weight excluding hydrogens is 541 g/mol. The van der Waals surface area contributed by atoms with Crippen molar-refractivity contribution in [3.8, 4) is 11.5 Å². The van der Waals surface area contributed by atoms with Crippen LogP contribution in [0.3, 0.4) is 0 Å². The van der Waals surface area contributed by atoms with Crippen LogP contribution < -0.4 is 19.1 Å². The number of hydrogen-bond acceptors (Lipinski definition) is 6. The van der Waals surface area contributed by atoms with E-state index in [0.717, 1.165) is 10.6 Å². The lowest BCUT2D eigenvalue weighted by atomic mass is 10.1. The van der Waals surface area contributed by atoms with Crippen molar-refractivity contribution in [2.45, 2.75) is 45.8 Å². The summed E-state index contributed by atoms with van der Waals surface area (Å²) in [7, 11) is -1.12. The van der Waals surface area contributed by atoms with Gasteiger partial charge in [0.05, 0.1) is 26.2 Å². The number of ether oxygens (including phenoxy) is 2. The number of carbonyl (C=O) groups is 2. The summed E-state index contributed by atoms with van der Waals surface area (Å²) in [6, 6.07) is 8.40. The van der Waals surface area contributed by atoms with Crippen molar-refractivity contribution in [2.75, 3.05) is 31.3 Å². The third-order valence-electron chi connectivity index (χ3n) is 5.86. The highest BCUT2D eigenvalue weighted by Crippen LogP contribution is 2.34. The minimum Gasteiger partial charge on any atom is -0.497 e. The van der Waals surface area contributed by atoms with Crippen LogP contribution in [-0.4, -0.2) is 64.2 Å². The van der Waals surface area contributed by atoms with Gasteiger partial charge in [-0.2, -0.15) is 0 Å². The summed E-state index contributed by atoms with van der Waals surface area (Å²) in [4.78, 5) is 28.0. The van der Waals surface area contributed by atoms with Crippen LogP contribution in [0.5, 0.6) is 11.5 Å². The molecule has 2 aromatic rings. The van der Waals surface area contributed by atoms with Gasteiger partial charge < -0.3 is 19.7 Å². The first-order valence-corrected chi connectivity index (χ1v) is 14.2. The maximum atomic E-state index is 13.7. The Morgan fingerprint density at radius 2 is 1.73 bits per heavy atom. The molecule has 2 rings (SSSR count). The number of hydrogen-bond donors (Lipinski definition) is 1. The minimum atomic E-state index is -3.95. The molecule has 0 aliphatic heterocycles. The highest BCUT2D eigenvalue weighted by Gasteiger charge is 2.32. The fourth-order valence-corrected chi connectivity index (χ4v) is 4.78. The Balaban J connectivity index is 2.51. The van der Waals surface area contributed by atoms with Crippen molar-refractivity contribution in [3.63, 3.8) is 0 Å². The molecule has 0 aliphatic rings. The number of benzene rings is 2. The normalized spacial score (nSPS) is 12.9. The largest absolute Gasteiger partial charge is 0.497 e. The van der Waals surface area contributed by atoms with Crippen LogP contribution in [0, 0.1) is 0 Å². The number of amides is 2. The molecule has 2 atom stereocenters. The van der Waals surface area contributed by atoms with Gasteiger partial charge in [-0.25, -0.2) is 8.42 Å². The number of sulfonamides is 1. The Morgan fingerprint density at radius 1 is 1.05 bits per heavy atom. The van der Waals surface area contributed by atoms with Crippen LogP contribution >= 0.6 is 23.2 Å². The SMILES string of the molecule is CC[C@@H](C)NC(=O)[C@H](C)N(Cc1ccc(Cl)cc1Cl)C(=O)CN(c1cc(OC)ccc1OC)S(C)(=O)=O. The molecule has 0 saturated carbocycles. The van der Waals surface area contributed by atoms with Crippen molar-refractivity contribution in [1.82, 2.24) is 10.2 Å². The van der Waals surface area contributed by atoms with Gasteiger partial charge in [0.1, 0.15) is 24.1 Å². The third kappa shape index (κ3) is 8.15. The summed E-state index contributed by atoms with van der Waals surface area (Å²) in [6.07, 6.45) is 1.69. The first kappa shape index (κ1) is 30.5. The molecule has 0 spiro atoms. The molecule has 0 fully saturated rings. The van der Waals surface area contributed by atoms with Gasteiger partial charge in [-0.05, 0) is 50.1 Å². The molecular formula is C25H33Cl2N3O6S. The van der Waals surface area contributed by atoms with Crippen LogP contribution in [0.4, 0.5) is 5.69 Å². The van der Waals surface area contributed by atoms with Crippen LogP contribution in [0.2, 0.25) is 10.0 Å². The van der Waals surface area contributed by atoms with E-state index in [2.05, 4.69) is 5.32 Å². The number of halogens is 2. The van der Waals surface area contributed by atoms with Gasteiger partial charge in [0, 0.05) is 28.7 Å². The second-order valence-corrected chi connectivity index (χ2v) is 11.3. The molecule has 0 bridgehead atoms. The Hall–Kier alpha value is -2.69. The van der Waals surface area contributed by atoms with E-state index in [4.69, 9.17) is 32.7 Å². The molecule has 1 N–H and O–H groups in total. The van der Waals surface area contributed by atoms with Crippen molar-refractivity contribution < 1.29 is 27.5 Å². The zero-order valence-corrected chi connectivity index (χ0v) is 24.1. The second kappa shape index (κ2) is 13.2. The Morgan fingerprint density at radius 3 is 2.27 bits per heavy atom. The molecule has 37 heavy (non-hydrogen) atoms. The topological polar surface area (TPSA) is 105 Å². The van der Waals surface area contributed by atoms with Gasteiger partial charge in [-0.1, -0.05) is 36.2 Å². The summed E-state index contributed by atoms with van der Waals surface area (Å²) in [5.41, 5.74) is 0.673. The summed E-state index contributed by atoms with van der Waals surface area (Å²) in [5, 5.41) is 3.60. The lowest BCUT2D eigenvalue weighted by molar-refractivity contribution is -0.139. The predicted octanol–water partition coefficient (Wildman–Crippen LogP) is 4.11. The molecule has 0 aliphatic carbocycles. The number of methoxy groups -OCH3 is 2. The van der Waals surface area contributed by atoms with Crippen LogP contribution in [0.25, 0.3) is 0 Å². The third-order valence-corrected chi connectivity index (χ3v) is 7.57. The molecule has 12 heteroatoms. The van der Waals surface area contributed by atoms with E-state index in [0.29, 0.717) is 27.8 Å². The van der Waals surface area contributed by atoms with Gasteiger partial charge in [0.25, 0.3) is 0 Å². The number of nitrogens with zero attached hydrogens (tertiary/aromatic N) is 2. The van der Waals surface area contributed by atoms with Crippen molar-refractivity contribution >= 4 is 50.7 Å². The minimum absolute atomic E-state index is 0.0449. The standard InChI is InChI=1S/C25H33Cl2N3O6S/c1-7-16(2)28-25(32)17(3)29(14-18-8-9-19(26)12-21(18)27)24(31)15-30(37(6,33)34)22-13-20(35-4)10-11-23(22)36-5/h8-13,16-17H,7,14-15H2,1-6H3,(H,28,32)/t16-,17+/m1/s1. The quantitative estimate of drug-likeness (QED) is 0.409. The molecule has 204 valence electrons. The molecule has 0 aromatic heterocycles. The molecule has 0 saturated heterocycles. The predicted molar refractivity (Wildman–Crippen MR) is 146 cm³/mol. The molecule has 0 radical (unpaired) electrons. The van der Waals surface area contributed by atoms with Gasteiger partial charge in [-0.3, -0.25) is 13.9 Å². The first-order valence-electron chi connectivity index (χ1n) is 11.6. The van der Waals surface area contributed by atoms with E-state index in [1.54, 1.807) is 31.2 Å². The first-order chi connectivity index (χ1) is 17.3. The molecule has 0 heterocycles. The Labute approximate surface area is 228 Å². The van der Waals surface area contributed by atoms with Crippen LogP contribution in [0.1, 0.15) is 32.8 Å². The number of nitrogens with one attached hydrogen (secondary N) is 1. The molecule has 9 nitrogen and oxygen atoms in total. The summed E-state index contributed by atoms with van der Waals surface area (Å²) in [5.74, 6) is -0.386. The van der Waals surface area contributed by atoms with E-state index in [1.165, 1.54) is 31.3 Å². The molecule has 2 amide bonds. The van der Waals surface area contributed by atoms with E-state index in [1.807, 2.05) is 13.8 Å². The molecule has 0 unspecified atom stereocenters. The van der Waals surface area contributed by atoms with E-state index in [-0.39, 0.29) is 29.9 Å². The zero-order valence-electron chi connectivity index (χ0n) is 21.7. The van der Waals surface area contributed by atoms with Crippen LogP contribution in [0.15, 0.2) is 36.4 Å². The van der Waals surface area contributed by atoms with E-state index >= 15 is 0 Å². The van der Waals surface area contributed by atoms with Crippen LogP contribution in [-0.2, 0) is 26.2 Å². The monoisotopic (exact) mass is 573 g/mol. The fraction of sp³-hybridized carbons (Fsp3) is 0.440. The van der Waals surface area contributed by atoms with Crippen molar-refractivity contribution in [1.29, 1.82) is 0 Å². The van der Waals surface area contributed by atoms with Gasteiger partial charge in [0.2, 0.25) is 21.8 Å². The summed E-state index contributed by atoms with van der Waals surface area (Å²) < 4.78 is 37.2. The summed E-state index contributed by atoms with van der Waals surface area (Å²) in [6.45, 7) is 4.73. The highest BCUT2D eigenvalue weighted by molar-refractivity contribution is 7.92. The number of anilines is 1. The van der Waals surface area contributed by atoms with Gasteiger partial charge in [-0.15, -0.1) is 0 Å². The maximum Gasteiger partial charge on any atom is 0.244 e. The van der Waals surface area contributed by atoms with E-state index in [9.17, 15) is 18.0 Å². The van der Waals surface area contributed by atoms with Crippen molar-refractivity contribution in [2.24, 2.45) is 0 Å². The Kier molecular flexibility index (Phi) is 10.9. The summed E-state index contributed by atoms with van der Waals surface area (Å²) >= 11 is 12.4. The van der Waals surface area contributed by atoms with Crippen molar-refractivity contribution in [3.05, 3.63) is 52.0 Å². The average Bonchev–Trinajstić information content (AvgIpc) is 2.85. The van der Waals surface area contributed by atoms with Gasteiger partial charge >= 0.3 is 0 Å². The fourth-order valence-electron chi connectivity index (χ4n) is 3.47. The maximum absolute atomic E-state index is 13.7. The zero-order chi connectivity index (χ0) is 27.9. The number of rotatable bonds is 12. The number of carbonyl (C=O) groups excluding carboxylic acids is 2. The van der Waals surface area contributed by atoms with Gasteiger partial charge in [0.15, 0.2) is 0 Å². The second-order valence-electron chi connectivity index (χ2n) is 8.56. The highest BCUT2D eigenvalue weighted by atomic mass is 35.5. The average molecular weight is 575 g/mol. The van der Waals surface area contributed by atoms with E-state index < -0.39 is 28.5 Å².